The zero-order valence-corrected chi connectivity index (χ0v) is 11.4. The van der Waals surface area contributed by atoms with Gasteiger partial charge in [0.15, 0.2) is 0 Å². The summed E-state index contributed by atoms with van der Waals surface area (Å²) < 4.78 is 0. The molecule has 0 aliphatic heterocycles. The first-order valence-corrected chi connectivity index (χ1v) is 7.34. The molecule has 0 saturated carbocycles. The molecule has 19 heavy (non-hydrogen) atoms. The number of H-pyrrole nitrogens is 1. The van der Waals surface area contributed by atoms with Crippen LogP contribution < -0.4 is 0 Å². The number of imidazole rings is 1. The third-order valence-corrected chi connectivity index (χ3v) is 3.77. The fourth-order valence-electron chi connectivity index (χ4n) is 1.98. The van der Waals surface area contributed by atoms with Crippen molar-refractivity contribution in [3.05, 3.63) is 60.8 Å². The van der Waals surface area contributed by atoms with Crippen LogP contribution >= 0.6 is 11.8 Å². The van der Waals surface area contributed by atoms with E-state index in [2.05, 4.69) is 52.6 Å². The number of thioether (sulfide) groups is 1. The van der Waals surface area contributed by atoms with Gasteiger partial charge in [0.05, 0.1) is 11.9 Å². The molecule has 0 atom stereocenters. The lowest BCUT2D eigenvalue weighted by Gasteiger charge is -2.00. The third kappa shape index (κ3) is 2.56. The van der Waals surface area contributed by atoms with Gasteiger partial charge >= 0.3 is 0 Å². The monoisotopic (exact) mass is 266 g/mol. The smallest absolute Gasteiger partial charge is 0.137 e. The Morgan fingerprint density at radius 2 is 1.63 bits per heavy atom. The highest BCUT2D eigenvalue weighted by molar-refractivity contribution is 7.98. The average molecular weight is 266 g/mol. The molecular formula is C16H14N2S. The summed E-state index contributed by atoms with van der Waals surface area (Å²) in [7, 11) is 0. The molecule has 3 heteroatoms. The van der Waals surface area contributed by atoms with E-state index in [4.69, 9.17) is 0 Å². The first kappa shape index (κ1) is 12.1. The highest BCUT2D eigenvalue weighted by Crippen LogP contribution is 2.24. The third-order valence-electron chi connectivity index (χ3n) is 3.02. The Balaban J connectivity index is 1.92. The maximum absolute atomic E-state index is 4.44. The second-order valence-electron chi connectivity index (χ2n) is 4.24. The fraction of sp³-hybridized carbons (Fsp3) is 0.0625. The van der Waals surface area contributed by atoms with Gasteiger partial charge in [0.1, 0.15) is 5.82 Å². The van der Waals surface area contributed by atoms with Crippen molar-refractivity contribution in [2.45, 2.75) is 4.90 Å². The zero-order chi connectivity index (χ0) is 13.1. The molecule has 0 fully saturated rings. The molecule has 1 heterocycles. The minimum atomic E-state index is 0.907. The molecule has 0 unspecified atom stereocenters. The average Bonchev–Trinajstić information content (AvgIpc) is 2.98. The second kappa shape index (κ2) is 5.33. The van der Waals surface area contributed by atoms with Crippen molar-refractivity contribution in [1.82, 2.24) is 9.97 Å². The van der Waals surface area contributed by atoms with E-state index in [0.29, 0.717) is 0 Å². The van der Waals surface area contributed by atoms with Crippen LogP contribution in [0.2, 0.25) is 0 Å². The van der Waals surface area contributed by atoms with Gasteiger partial charge in [0.25, 0.3) is 0 Å². The molecule has 0 aliphatic carbocycles. The summed E-state index contributed by atoms with van der Waals surface area (Å²) in [6, 6.07) is 18.7. The number of nitrogens with one attached hydrogen (secondary N) is 1. The molecule has 2 aromatic carbocycles. The van der Waals surface area contributed by atoms with Crippen molar-refractivity contribution in [3.63, 3.8) is 0 Å². The number of hydrogen-bond acceptors (Lipinski definition) is 2. The van der Waals surface area contributed by atoms with Crippen LogP contribution in [0, 0.1) is 0 Å². The van der Waals surface area contributed by atoms with Gasteiger partial charge in [0, 0.05) is 10.5 Å². The van der Waals surface area contributed by atoms with Gasteiger partial charge in [-0.2, -0.15) is 0 Å². The summed E-state index contributed by atoms with van der Waals surface area (Å²) in [6.45, 7) is 0. The van der Waals surface area contributed by atoms with Crippen LogP contribution in [0.1, 0.15) is 0 Å². The van der Waals surface area contributed by atoms with Crippen LogP contribution in [0.5, 0.6) is 0 Å². The first-order valence-electron chi connectivity index (χ1n) is 6.11. The summed E-state index contributed by atoms with van der Waals surface area (Å²) in [4.78, 5) is 9.08. The summed E-state index contributed by atoms with van der Waals surface area (Å²) in [6.07, 6.45) is 3.97. The Bertz CT molecular complexity index is 657. The maximum Gasteiger partial charge on any atom is 0.137 e. The molecule has 1 N–H and O–H groups in total. The molecule has 0 aliphatic rings. The minimum absolute atomic E-state index is 0.907. The molecule has 0 spiro atoms. The molecule has 0 saturated heterocycles. The van der Waals surface area contributed by atoms with E-state index in [1.54, 1.807) is 11.8 Å². The highest BCUT2D eigenvalue weighted by atomic mass is 32.2. The van der Waals surface area contributed by atoms with E-state index < -0.39 is 0 Å². The molecule has 0 radical (unpaired) electrons. The van der Waals surface area contributed by atoms with Gasteiger partial charge in [-0.25, -0.2) is 4.98 Å². The second-order valence-corrected chi connectivity index (χ2v) is 5.12. The normalized spacial score (nSPS) is 10.6. The van der Waals surface area contributed by atoms with Crippen molar-refractivity contribution in [3.8, 4) is 22.6 Å². The minimum Gasteiger partial charge on any atom is -0.338 e. The predicted octanol–water partition coefficient (Wildman–Crippen LogP) is 4.47. The lowest BCUT2D eigenvalue weighted by Crippen LogP contribution is -1.80. The quantitative estimate of drug-likeness (QED) is 0.709. The summed E-state index contributed by atoms with van der Waals surface area (Å²) >= 11 is 1.75. The summed E-state index contributed by atoms with van der Waals surface area (Å²) in [5, 5.41) is 0. The number of hydrogen-bond donors (Lipinski definition) is 1. The van der Waals surface area contributed by atoms with Gasteiger partial charge in [-0.3, -0.25) is 0 Å². The van der Waals surface area contributed by atoms with Gasteiger partial charge in [0.2, 0.25) is 0 Å². The largest absolute Gasteiger partial charge is 0.338 e. The van der Waals surface area contributed by atoms with Gasteiger partial charge in [-0.1, -0.05) is 42.5 Å². The van der Waals surface area contributed by atoms with Gasteiger partial charge in [-0.15, -0.1) is 11.8 Å². The molecule has 94 valence electrons. The molecule has 2 nitrogen and oxygen atoms in total. The van der Waals surface area contributed by atoms with Gasteiger partial charge in [-0.05, 0) is 24.0 Å². The number of benzene rings is 2. The van der Waals surface area contributed by atoms with Crippen molar-refractivity contribution in [2.75, 3.05) is 6.26 Å². The molecule has 3 rings (SSSR count). The lowest BCUT2D eigenvalue weighted by atomic mass is 10.2. The molecule has 1 aromatic heterocycles. The van der Waals surface area contributed by atoms with E-state index in [1.807, 2.05) is 24.4 Å². The zero-order valence-electron chi connectivity index (χ0n) is 10.6. The van der Waals surface area contributed by atoms with Crippen LogP contribution in [0.3, 0.4) is 0 Å². The van der Waals surface area contributed by atoms with Crippen molar-refractivity contribution < 1.29 is 0 Å². The van der Waals surface area contributed by atoms with Crippen LogP contribution in [0.4, 0.5) is 0 Å². The Morgan fingerprint density at radius 3 is 2.32 bits per heavy atom. The molecular weight excluding hydrogens is 252 g/mol. The number of aromatic nitrogens is 2. The van der Waals surface area contributed by atoms with Crippen LogP contribution in [0.15, 0.2) is 65.7 Å². The van der Waals surface area contributed by atoms with E-state index in [9.17, 15) is 0 Å². The number of aromatic amines is 1. The van der Waals surface area contributed by atoms with E-state index in [0.717, 1.165) is 22.6 Å². The highest BCUT2D eigenvalue weighted by Gasteiger charge is 2.04. The maximum atomic E-state index is 4.44. The Morgan fingerprint density at radius 1 is 0.895 bits per heavy atom. The summed E-state index contributed by atoms with van der Waals surface area (Å²) in [5.74, 6) is 0.907. The van der Waals surface area contributed by atoms with Gasteiger partial charge < -0.3 is 4.98 Å². The SMILES string of the molecule is CSc1ccc(-c2cnc(-c3ccccc3)[nH]2)cc1. The molecule has 0 amide bonds. The van der Waals surface area contributed by atoms with Crippen LogP contribution in [-0.2, 0) is 0 Å². The fourth-order valence-corrected chi connectivity index (χ4v) is 2.39. The predicted molar refractivity (Wildman–Crippen MR) is 81.2 cm³/mol. The lowest BCUT2D eigenvalue weighted by molar-refractivity contribution is 1.31. The Kier molecular flexibility index (Phi) is 3.38. The Labute approximate surface area is 116 Å². The van der Waals surface area contributed by atoms with Crippen molar-refractivity contribution >= 4 is 11.8 Å². The molecule has 0 bridgehead atoms. The van der Waals surface area contributed by atoms with Crippen molar-refractivity contribution in [2.24, 2.45) is 0 Å². The number of nitrogens with zero attached hydrogens (tertiary/aromatic N) is 1. The Hall–Kier alpha value is -2.00. The molecule has 3 aromatic rings. The standard InChI is InChI=1S/C16H14N2S/c1-19-14-9-7-12(8-10-14)15-11-17-16(18-15)13-5-3-2-4-6-13/h2-11H,1H3,(H,17,18). The topological polar surface area (TPSA) is 28.7 Å². The van der Waals surface area contributed by atoms with E-state index in [-0.39, 0.29) is 0 Å². The van der Waals surface area contributed by atoms with Crippen LogP contribution in [0.25, 0.3) is 22.6 Å². The summed E-state index contributed by atoms with van der Waals surface area (Å²) in [5.41, 5.74) is 3.31. The van der Waals surface area contributed by atoms with E-state index in [1.165, 1.54) is 4.90 Å². The van der Waals surface area contributed by atoms with Crippen molar-refractivity contribution in [1.29, 1.82) is 0 Å². The van der Waals surface area contributed by atoms with E-state index >= 15 is 0 Å². The number of rotatable bonds is 3. The first-order chi connectivity index (χ1) is 9.36. The van der Waals surface area contributed by atoms with Crippen LogP contribution in [-0.4, -0.2) is 16.2 Å².